The summed E-state index contributed by atoms with van der Waals surface area (Å²) < 4.78 is 45.2. The lowest BCUT2D eigenvalue weighted by Gasteiger charge is -2.26. The summed E-state index contributed by atoms with van der Waals surface area (Å²) in [7, 11) is 0. The highest BCUT2D eigenvalue weighted by atomic mass is 19.4. The number of nitrogens with zero attached hydrogens (tertiary/aromatic N) is 1. The third kappa shape index (κ3) is 5.70. The molecule has 0 radical (unpaired) electrons. The van der Waals surface area contributed by atoms with E-state index in [0.717, 1.165) is 34.6 Å². The maximum absolute atomic E-state index is 13.1. The van der Waals surface area contributed by atoms with Crippen molar-refractivity contribution < 1.29 is 27.2 Å². The zero-order valence-corrected chi connectivity index (χ0v) is 20.2. The summed E-state index contributed by atoms with van der Waals surface area (Å²) in [6.07, 6.45) is -0.849. The number of amides is 2. The number of nitrogens with one attached hydrogen (secondary N) is 1. The van der Waals surface area contributed by atoms with Crippen LogP contribution in [0.15, 0.2) is 95.4 Å². The number of carbonyl (C=O) groups is 2. The SMILES string of the molecule is O=C(C=Cc1ccccc1)Nc1ccc(-c2cc3c(o2)CCN(C(=O)c2cccc(C(F)(F)F)c2)C3)cc1. The molecule has 4 aromatic rings. The highest BCUT2D eigenvalue weighted by Crippen LogP contribution is 2.32. The molecule has 0 spiro atoms. The second-order valence-electron chi connectivity index (χ2n) is 8.92. The molecule has 5 nitrogen and oxygen atoms in total. The van der Waals surface area contributed by atoms with E-state index in [2.05, 4.69) is 5.32 Å². The van der Waals surface area contributed by atoms with Crippen molar-refractivity contribution in [3.63, 3.8) is 0 Å². The lowest BCUT2D eigenvalue weighted by molar-refractivity contribution is -0.137. The molecule has 1 N–H and O–H groups in total. The van der Waals surface area contributed by atoms with Crippen molar-refractivity contribution in [3.8, 4) is 11.3 Å². The van der Waals surface area contributed by atoms with Gasteiger partial charge in [-0.05, 0) is 60.2 Å². The minimum atomic E-state index is -4.51. The van der Waals surface area contributed by atoms with Crippen LogP contribution < -0.4 is 5.32 Å². The molecule has 2 heterocycles. The van der Waals surface area contributed by atoms with Crippen molar-refractivity contribution in [3.05, 3.63) is 119 Å². The smallest absolute Gasteiger partial charge is 0.416 e. The standard InChI is InChI=1S/C30H23F3N2O3/c31-30(32,33)24-8-4-7-22(17-24)29(37)35-16-15-26-23(19-35)18-27(38-26)21-10-12-25(13-11-21)34-28(36)14-9-20-5-2-1-3-6-20/h1-14,17-18H,15-16,19H2,(H,34,36). The minimum absolute atomic E-state index is 0.00300. The topological polar surface area (TPSA) is 62.6 Å². The normalized spacial score (nSPS) is 13.4. The molecular weight excluding hydrogens is 493 g/mol. The van der Waals surface area contributed by atoms with Crippen molar-refractivity contribution in [2.45, 2.75) is 19.1 Å². The van der Waals surface area contributed by atoms with Crippen LogP contribution in [0.4, 0.5) is 18.9 Å². The van der Waals surface area contributed by atoms with Gasteiger partial charge in [0.1, 0.15) is 11.5 Å². The van der Waals surface area contributed by atoms with Gasteiger partial charge in [0.2, 0.25) is 5.91 Å². The molecule has 1 aromatic heterocycles. The summed E-state index contributed by atoms with van der Waals surface area (Å²) in [4.78, 5) is 26.7. The van der Waals surface area contributed by atoms with Gasteiger partial charge in [0, 0.05) is 48.0 Å². The highest BCUT2D eigenvalue weighted by molar-refractivity contribution is 6.02. The molecule has 2 amide bonds. The van der Waals surface area contributed by atoms with E-state index in [-0.39, 0.29) is 18.0 Å². The molecule has 0 aliphatic carbocycles. The van der Waals surface area contributed by atoms with E-state index in [4.69, 9.17) is 4.42 Å². The summed E-state index contributed by atoms with van der Waals surface area (Å²) in [5.41, 5.74) is 2.32. The largest absolute Gasteiger partial charge is 0.461 e. The zero-order chi connectivity index (χ0) is 26.7. The van der Waals surface area contributed by atoms with Crippen LogP contribution in [0.25, 0.3) is 17.4 Å². The van der Waals surface area contributed by atoms with Gasteiger partial charge in [-0.1, -0.05) is 36.4 Å². The van der Waals surface area contributed by atoms with Crippen LogP contribution in [0.3, 0.4) is 0 Å². The van der Waals surface area contributed by atoms with Crippen LogP contribution in [0, 0.1) is 0 Å². The Labute approximate surface area is 217 Å². The van der Waals surface area contributed by atoms with E-state index < -0.39 is 17.6 Å². The maximum atomic E-state index is 13.1. The Kier molecular flexibility index (Phi) is 6.87. The predicted molar refractivity (Wildman–Crippen MR) is 138 cm³/mol. The number of halogens is 3. The van der Waals surface area contributed by atoms with E-state index in [9.17, 15) is 22.8 Å². The van der Waals surface area contributed by atoms with Crippen molar-refractivity contribution in [1.82, 2.24) is 4.90 Å². The first kappa shape index (κ1) is 25.1. The van der Waals surface area contributed by atoms with Crippen LogP contribution in [0.5, 0.6) is 0 Å². The molecule has 8 heteroatoms. The fourth-order valence-electron chi connectivity index (χ4n) is 4.30. The molecule has 1 aliphatic heterocycles. The Morgan fingerprint density at radius 2 is 1.68 bits per heavy atom. The first-order valence-corrected chi connectivity index (χ1v) is 12.0. The fourth-order valence-corrected chi connectivity index (χ4v) is 4.30. The van der Waals surface area contributed by atoms with Gasteiger partial charge in [-0.2, -0.15) is 13.2 Å². The number of hydrogen-bond acceptors (Lipinski definition) is 3. The Bertz CT molecular complexity index is 1490. The lowest BCUT2D eigenvalue weighted by atomic mass is 10.0. The maximum Gasteiger partial charge on any atom is 0.416 e. The molecular formula is C30H23F3N2O3. The first-order chi connectivity index (χ1) is 18.3. The Morgan fingerprint density at radius 3 is 2.42 bits per heavy atom. The molecule has 0 atom stereocenters. The molecule has 0 unspecified atom stereocenters. The Balaban J connectivity index is 1.24. The highest BCUT2D eigenvalue weighted by Gasteiger charge is 2.32. The van der Waals surface area contributed by atoms with Crippen LogP contribution >= 0.6 is 0 Å². The predicted octanol–water partition coefficient (Wildman–Crippen LogP) is 6.82. The monoisotopic (exact) mass is 516 g/mol. The second-order valence-corrected chi connectivity index (χ2v) is 8.92. The van der Waals surface area contributed by atoms with Gasteiger partial charge in [-0.25, -0.2) is 0 Å². The van der Waals surface area contributed by atoms with Gasteiger partial charge in [-0.3, -0.25) is 9.59 Å². The van der Waals surface area contributed by atoms with Gasteiger partial charge in [0.15, 0.2) is 0 Å². The van der Waals surface area contributed by atoms with Crippen LogP contribution in [0.1, 0.15) is 32.8 Å². The van der Waals surface area contributed by atoms with E-state index >= 15 is 0 Å². The van der Waals surface area contributed by atoms with Crippen molar-refractivity contribution >= 4 is 23.6 Å². The molecule has 3 aromatic carbocycles. The van der Waals surface area contributed by atoms with Crippen LogP contribution in [0.2, 0.25) is 0 Å². The van der Waals surface area contributed by atoms with Gasteiger partial charge < -0.3 is 14.6 Å². The Hall–Kier alpha value is -4.59. The van der Waals surface area contributed by atoms with Gasteiger partial charge in [0.25, 0.3) is 5.91 Å². The van der Waals surface area contributed by atoms with Gasteiger partial charge >= 0.3 is 6.18 Å². The number of benzene rings is 3. The average Bonchev–Trinajstić information content (AvgIpc) is 3.36. The van der Waals surface area contributed by atoms with E-state index in [0.29, 0.717) is 24.4 Å². The van der Waals surface area contributed by atoms with Crippen LogP contribution in [-0.4, -0.2) is 23.3 Å². The van der Waals surface area contributed by atoms with E-state index in [1.165, 1.54) is 23.1 Å². The zero-order valence-electron chi connectivity index (χ0n) is 20.2. The number of hydrogen-bond donors (Lipinski definition) is 1. The number of furan rings is 1. The van der Waals surface area contributed by atoms with Crippen molar-refractivity contribution in [2.75, 3.05) is 11.9 Å². The van der Waals surface area contributed by atoms with E-state index in [1.807, 2.05) is 48.5 Å². The average molecular weight is 517 g/mol. The van der Waals surface area contributed by atoms with Crippen molar-refractivity contribution in [2.24, 2.45) is 0 Å². The minimum Gasteiger partial charge on any atom is -0.461 e. The van der Waals surface area contributed by atoms with E-state index in [1.54, 1.807) is 18.2 Å². The molecule has 1 aliphatic rings. The Morgan fingerprint density at radius 1 is 0.921 bits per heavy atom. The molecule has 0 fully saturated rings. The van der Waals surface area contributed by atoms with Crippen molar-refractivity contribution in [1.29, 1.82) is 0 Å². The summed E-state index contributed by atoms with van der Waals surface area (Å²) in [6.45, 7) is 0.590. The van der Waals surface area contributed by atoms with Gasteiger partial charge in [-0.15, -0.1) is 0 Å². The molecule has 0 bridgehead atoms. The van der Waals surface area contributed by atoms with Crippen LogP contribution in [-0.2, 0) is 23.9 Å². The summed E-state index contributed by atoms with van der Waals surface area (Å²) >= 11 is 0. The molecule has 0 saturated carbocycles. The number of anilines is 1. The molecule has 38 heavy (non-hydrogen) atoms. The number of rotatable bonds is 5. The number of carbonyl (C=O) groups excluding carboxylic acids is 2. The van der Waals surface area contributed by atoms with Gasteiger partial charge in [0.05, 0.1) is 5.56 Å². The summed E-state index contributed by atoms with van der Waals surface area (Å²) in [5, 5.41) is 2.82. The number of alkyl halides is 3. The quantitative estimate of drug-likeness (QED) is 0.296. The molecule has 5 rings (SSSR count). The summed E-state index contributed by atoms with van der Waals surface area (Å²) in [5.74, 6) is 0.660. The molecule has 0 saturated heterocycles. The summed E-state index contributed by atoms with van der Waals surface area (Å²) in [6, 6.07) is 23.0. The lowest BCUT2D eigenvalue weighted by Crippen LogP contribution is -2.35. The fraction of sp³-hybridized carbons (Fsp3) is 0.133. The first-order valence-electron chi connectivity index (χ1n) is 12.0. The molecule has 192 valence electrons. The third-order valence-electron chi connectivity index (χ3n) is 6.25. The number of fused-ring (bicyclic) bond motifs is 1. The second kappa shape index (κ2) is 10.4. The third-order valence-corrected chi connectivity index (χ3v) is 6.25.